The molecule has 4 nitrogen and oxygen atoms in total. The number of nitrogens with zero attached hydrogens (tertiary/aromatic N) is 2. The zero-order valence-electron chi connectivity index (χ0n) is 12.5. The highest BCUT2D eigenvalue weighted by molar-refractivity contribution is 6.31. The van der Waals surface area contributed by atoms with Crippen LogP contribution in [0.25, 0.3) is 0 Å². The van der Waals surface area contributed by atoms with E-state index >= 15 is 0 Å². The van der Waals surface area contributed by atoms with Crippen LogP contribution >= 0.6 is 11.6 Å². The molecule has 0 amide bonds. The molecule has 2 aromatic rings. The van der Waals surface area contributed by atoms with E-state index in [0.717, 1.165) is 12.0 Å². The zero-order chi connectivity index (χ0) is 15.4. The van der Waals surface area contributed by atoms with Crippen LogP contribution in [0.2, 0.25) is 5.02 Å². The molecule has 0 aliphatic heterocycles. The van der Waals surface area contributed by atoms with Crippen molar-refractivity contribution in [3.8, 4) is 5.75 Å². The van der Waals surface area contributed by atoms with Gasteiger partial charge in [-0.05, 0) is 25.8 Å². The van der Waals surface area contributed by atoms with Gasteiger partial charge in [-0.3, -0.25) is 4.79 Å². The average Bonchev–Trinajstić information content (AvgIpc) is 2.50. The van der Waals surface area contributed by atoms with Crippen molar-refractivity contribution in [3.05, 3.63) is 57.0 Å². The van der Waals surface area contributed by atoms with E-state index in [1.54, 1.807) is 0 Å². The predicted octanol–water partition coefficient (Wildman–Crippen LogP) is 3.76. The maximum atomic E-state index is 12.0. The highest BCUT2D eigenvalue weighted by Gasteiger charge is 2.16. The summed E-state index contributed by atoms with van der Waals surface area (Å²) in [6, 6.07) is 8.13. The summed E-state index contributed by atoms with van der Waals surface area (Å²) in [6.07, 6.45) is 2.13. The Kier molecular flexibility index (Phi) is 5.02. The van der Waals surface area contributed by atoms with Gasteiger partial charge in [0.1, 0.15) is 6.10 Å². The highest BCUT2D eigenvalue weighted by Crippen LogP contribution is 2.28. The van der Waals surface area contributed by atoms with Crippen LogP contribution in [-0.2, 0) is 6.54 Å². The van der Waals surface area contributed by atoms with Crippen molar-refractivity contribution in [2.24, 2.45) is 0 Å². The molecule has 1 aromatic carbocycles. The van der Waals surface area contributed by atoms with E-state index in [0.29, 0.717) is 12.3 Å². The van der Waals surface area contributed by atoms with Gasteiger partial charge in [0.15, 0.2) is 10.8 Å². The normalized spacial score (nSPS) is 12.2. The molecule has 0 bridgehead atoms. The van der Waals surface area contributed by atoms with Crippen LogP contribution in [0.1, 0.15) is 37.5 Å². The van der Waals surface area contributed by atoms with Gasteiger partial charge in [-0.15, -0.1) is 0 Å². The van der Waals surface area contributed by atoms with E-state index in [1.807, 2.05) is 45.0 Å². The van der Waals surface area contributed by atoms with E-state index in [-0.39, 0.29) is 16.7 Å². The number of aromatic nitrogens is 2. The molecule has 1 unspecified atom stereocenters. The van der Waals surface area contributed by atoms with Gasteiger partial charge in [0.2, 0.25) is 0 Å². The Morgan fingerprint density at radius 1 is 1.29 bits per heavy atom. The molecule has 0 spiro atoms. The number of hydrogen-bond acceptors (Lipinski definition) is 3. The predicted molar refractivity (Wildman–Crippen MR) is 84.0 cm³/mol. The lowest BCUT2D eigenvalue weighted by Gasteiger charge is -2.19. The largest absolute Gasteiger partial charge is 0.482 e. The molecule has 21 heavy (non-hydrogen) atoms. The number of hydrogen-bond donors (Lipinski definition) is 0. The fourth-order valence-electron chi connectivity index (χ4n) is 2.08. The minimum Gasteiger partial charge on any atom is -0.482 e. The maximum Gasteiger partial charge on any atom is 0.289 e. The fraction of sp³-hybridized carbons (Fsp3) is 0.375. The van der Waals surface area contributed by atoms with Gasteiger partial charge in [-0.1, -0.05) is 48.4 Å². The molecular formula is C16H19ClN2O2. The smallest absolute Gasteiger partial charge is 0.289 e. The molecule has 0 saturated carbocycles. The SMILES string of the molecule is CCC(Oc1cnn(CC)c(=O)c1Cl)c1ccc(C)cc1. The van der Waals surface area contributed by atoms with Crippen LogP contribution in [0.5, 0.6) is 5.75 Å². The Bertz CT molecular complexity index is 665. The van der Waals surface area contributed by atoms with Gasteiger partial charge < -0.3 is 4.74 Å². The molecule has 0 radical (unpaired) electrons. The van der Waals surface area contributed by atoms with Crippen LogP contribution in [0.4, 0.5) is 0 Å². The summed E-state index contributed by atoms with van der Waals surface area (Å²) in [7, 11) is 0. The molecule has 0 fully saturated rings. The molecule has 0 saturated heterocycles. The van der Waals surface area contributed by atoms with Gasteiger partial charge in [0.05, 0.1) is 6.20 Å². The fourth-order valence-corrected chi connectivity index (χ4v) is 2.27. The number of benzene rings is 1. The van der Waals surface area contributed by atoms with Crippen LogP contribution < -0.4 is 10.3 Å². The third kappa shape index (κ3) is 3.45. The number of ether oxygens (including phenoxy) is 1. The van der Waals surface area contributed by atoms with Gasteiger partial charge in [0.25, 0.3) is 5.56 Å². The van der Waals surface area contributed by atoms with Crippen molar-refractivity contribution in [1.29, 1.82) is 0 Å². The topological polar surface area (TPSA) is 44.1 Å². The lowest BCUT2D eigenvalue weighted by atomic mass is 10.1. The van der Waals surface area contributed by atoms with Crippen molar-refractivity contribution in [3.63, 3.8) is 0 Å². The first-order valence-electron chi connectivity index (χ1n) is 7.05. The Labute approximate surface area is 129 Å². The molecular weight excluding hydrogens is 288 g/mol. The first-order valence-corrected chi connectivity index (χ1v) is 7.43. The van der Waals surface area contributed by atoms with Gasteiger partial charge in [-0.25, -0.2) is 4.68 Å². The van der Waals surface area contributed by atoms with Crippen LogP contribution in [0.3, 0.4) is 0 Å². The molecule has 0 N–H and O–H groups in total. The first kappa shape index (κ1) is 15.6. The molecule has 1 atom stereocenters. The Hall–Kier alpha value is -1.81. The van der Waals surface area contributed by atoms with Crippen molar-refractivity contribution < 1.29 is 4.74 Å². The second-order valence-electron chi connectivity index (χ2n) is 4.87. The monoisotopic (exact) mass is 306 g/mol. The van der Waals surface area contributed by atoms with E-state index < -0.39 is 0 Å². The van der Waals surface area contributed by atoms with Crippen LogP contribution in [0.15, 0.2) is 35.3 Å². The van der Waals surface area contributed by atoms with Gasteiger partial charge >= 0.3 is 0 Å². The van der Waals surface area contributed by atoms with Crippen LogP contribution in [0, 0.1) is 6.92 Å². The molecule has 0 aliphatic rings. The lowest BCUT2D eigenvalue weighted by molar-refractivity contribution is 0.199. The Morgan fingerprint density at radius 3 is 2.52 bits per heavy atom. The standard InChI is InChI=1S/C16H19ClN2O2/c1-4-13(12-8-6-11(3)7-9-12)21-14-10-18-19(5-2)16(20)15(14)17/h6-10,13H,4-5H2,1-3H3. The third-order valence-corrected chi connectivity index (χ3v) is 3.69. The zero-order valence-corrected chi connectivity index (χ0v) is 13.2. The summed E-state index contributed by atoms with van der Waals surface area (Å²) in [5, 5.41) is 4.13. The lowest BCUT2D eigenvalue weighted by Crippen LogP contribution is -2.23. The minimum atomic E-state index is -0.324. The van der Waals surface area contributed by atoms with Gasteiger partial charge in [-0.2, -0.15) is 5.10 Å². The van der Waals surface area contributed by atoms with E-state index in [1.165, 1.54) is 16.4 Å². The Morgan fingerprint density at radius 2 is 1.95 bits per heavy atom. The summed E-state index contributed by atoms with van der Waals surface area (Å²) < 4.78 is 7.20. The number of halogens is 1. The molecule has 1 aromatic heterocycles. The third-order valence-electron chi connectivity index (χ3n) is 3.34. The average molecular weight is 307 g/mol. The van der Waals surface area contributed by atoms with E-state index in [4.69, 9.17) is 16.3 Å². The minimum absolute atomic E-state index is 0.0809. The van der Waals surface area contributed by atoms with Crippen molar-refractivity contribution >= 4 is 11.6 Å². The second-order valence-corrected chi connectivity index (χ2v) is 5.25. The summed E-state index contributed by atoms with van der Waals surface area (Å²) in [4.78, 5) is 12.0. The second kappa shape index (κ2) is 6.76. The summed E-state index contributed by atoms with van der Waals surface area (Å²) in [5.74, 6) is 0.332. The molecule has 2 rings (SSSR count). The maximum absolute atomic E-state index is 12.0. The molecule has 5 heteroatoms. The first-order chi connectivity index (χ1) is 10.1. The Balaban J connectivity index is 2.29. The number of rotatable bonds is 5. The van der Waals surface area contributed by atoms with E-state index in [9.17, 15) is 4.79 Å². The van der Waals surface area contributed by atoms with Crippen LogP contribution in [-0.4, -0.2) is 9.78 Å². The highest BCUT2D eigenvalue weighted by atomic mass is 35.5. The van der Waals surface area contributed by atoms with E-state index in [2.05, 4.69) is 5.10 Å². The molecule has 0 aliphatic carbocycles. The molecule has 1 heterocycles. The summed E-state index contributed by atoms with van der Waals surface area (Å²) in [6.45, 7) is 6.39. The number of aryl methyl sites for hydroxylation is 2. The van der Waals surface area contributed by atoms with Crippen molar-refractivity contribution in [1.82, 2.24) is 9.78 Å². The summed E-state index contributed by atoms with van der Waals surface area (Å²) >= 11 is 6.09. The summed E-state index contributed by atoms with van der Waals surface area (Å²) in [5.41, 5.74) is 1.92. The van der Waals surface area contributed by atoms with Crippen molar-refractivity contribution in [2.75, 3.05) is 0 Å². The van der Waals surface area contributed by atoms with Crippen molar-refractivity contribution in [2.45, 2.75) is 39.8 Å². The molecule has 112 valence electrons. The quantitative estimate of drug-likeness (QED) is 0.845. The van der Waals surface area contributed by atoms with Gasteiger partial charge in [0, 0.05) is 6.54 Å².